The van der Waals surface area contributed by atoms with Gasteiger partial charge in [0.1, 0.15) is 6.10 Å². The molecular weight excluding hydrogens is 250 g/mol. The van der Waals surface area contributed by atoms with Gasteiger partial charge in [0.15, 0.2) is 0 Å². The Kier molecular flexibility index (Phi) is 3.63. The van der Waals surface area contributed by atoms with Crippen molar-refractivity contribution in [3.8, 4) is 0 Å². The van der Waals surface area contributed by atoms with Gasteiger partial charge in [-0.3, -0.25) is 9.59 Å². The van der Waals surface area contributed by atoms with Crippen molar-refractivity contribution in [3.63, 3.8) is 0 Å². The SMILES string of the molecule is CC1(C(=O)N2CCSC2)CCC(OC=O)C1(C)C. The largest absolute Gasteiger partial charge is 0.464 e. The molecule has 0 aromatic carbocycles. The van der Waals surface area contributed by atoms with Crippen molar-refractivity contribution in [1.29, 1.82) is 0 Å². The van der Waals surface area contributed by atoms with Gasteiger partial charge in [0.25, 0.3) is 6.47 Å². The molecule has 1 amide bonds. The first-order valence-corrected chi connectivity index (χ1v) is 7.55. The summed E-state index contributed by atoms with van der Waals surface area (Å²) >= 11 is 1.80. The average molecular weight is 271 g/mol. The van der Waals surface area contributed by atoms with Crippen molar-refractivity contribution in [2.24, 2.45) is 10.8 Å². The lowest BCUT2D eigenvalue weighted by Gasteiger charge is -2.41. The number of thioether (sulfide) groups is 1. The van der Waals surface area contributed by atoms with Gasteiger partial charge in [0, 0.05) is 17.7 Å². The van der Waals surface area contributed by atoms with Gasteiger partial charge < -0.3 is 9.64 Å². The lowest BCUT2D eigenvalue weighted by molar-refractivity contribution is -0.153. The van der Waals surface area contributed by atoms with Crippen LogP contribution in [-0.4, -0.2) is 41.6 Å². The minimum Gasteiger partial charge on any atom is -0.464 e. The first-order chi connectivity index (χ1) is 8.43. The number of nitrogens with zero attached hydrogens (tertiary/aromatic N) is 1. The minimum atomic E-state index is -0.425. The summed E-state index contributed by atoms with van der Waals surface area (Å²) in [5, 5.41) is 0. The summed E-state index contributed by atoms with van der Waals surface area (Å²) in [4.78, 5) is 25.2. The van der Waals surface area contributed by atoms with Crippen LogP contribution in [0.4, 0.5) is 0 Å². The molecule has 0 aromatic rings. The van der Waals surface area contributed by atoms with Gasteiger partial charge in [-0.05, 0) is 12.8 Å². The monoisotopic (exact) mass is 271 g/mol. The second kappa shape index (κ2) is 4.76. The van der Waals surface area contributed by atoms with Gasteiger partial charge in [0.2, 0.25) is 5.91 Å². The Morgan fingerprint density at radius 2 is 2.17 bits per heavy atom. The number of rotatable bonds is 3. The molecule has 2 rings (SSSR count). The maximum Gasteiger partial charge on any atom is 0.293 e. The predicted octanol–water partition coefficient (Wildman–Crippen LogP) is 1.89. The van der Waals surface area contributed by atoms with E-state index >= 15 is 0 Å². The molecule has 0 radical (unpaired) electrons. The van der Waals surface area contributed by atoms with Gasteiger partial charge in [-0.2, -0.15) is 0 Å². The Hall–Kier alpha value is -0.710. The summed E-state index contributed by atoms with van der Waals surface area (Å²) < 4.78 is 5.17. The normalized spacial score (nSPS) is 34.6. The summed E-state index contributed by atoms with van der Waals surface area (Å²) in [6.45, 7) is 7.44. The van der Waals surface area contributed by atoms with Crippen LogP contribution < -0.4 is 0 Å². The van der Waals surface area contributed by atoms with Crippen molar-refractivity contribution >= 4 is 24.1 Å². The second-order valence-corrected chi connectivity index (χ2v) is 6.99. The van der Waals surface area contributed by atoms with Gasteiger partial charge in [-0.1, -0.05) is 20.8 Å². The number of hydrogen-bond acceptors (Lipinski definition) is 4. The van der Waals surface area contributed by atoms with Crippen LogP contribution in [0.5, 0.6) is 0 Å². The Morgan fingerprint density at radius 3 is 2.72 bits per heavy atom. The number of amides is 1. The number of ether oxygens (including phenoxy) is 1. The second-order valence-electron chi connectivity index (χ2n) is 5.92. The van der Waals surface area contributed by atoms with Crippen LogP contribution in [0.3, 0.4) is 0 Å². The van der Waals surface area contributed by atoms with Crippen LogP contribution in [0.25, 0.3) is 0 Å². The van der Waals surface area contributed by atoms with E-state index in [-0.39, 0.29) is 17.4 Å². The van der Waals surface area contributed by atoms with Crippen molar-refractivity contribution in [2.45, 2.75) is 39.7 Å². The molecule has 0 bridgehead atoms. The van der Waals surface area contributed by atoms with E-state index in [9.17, 15) is 9.59 Å². The molecule has 2 fully saturated rings. The van der Waals surface area contributed by atoms with Crippen LogP contribution in [0, 0.1) is 10.8 Å². The highest BCUT2D eigenvalue weighted by Crippen LogP contribution is 2.54. The first-order valence-electron chi connectivity index (χ1n) is 6.40. The number of hydrogen-bond donors (Lipinski definition) is 0. The van der Waals surface area contributed by atoms with E-state index in [2.05, 4.69) is 0 Å². The molecule has 0 spiro atoms. The molecule has 18 heavy (non-hydrogen) atoms. The summed E-state index contributed by atoms with van der Waals surface area (Å²) in [7, 11) is 0. The highest BCUT2D eigenvalue weighted by molar-refractivity contribution is 7.99. The summed E-state index contributed by atoms with van der Waals surface area (Å²) in [6.07, 6.45) is 1.41. The van der Waals surface area contributed by atoms with Gasteiger partial charge in [-0.15, -0.1) is 11.8 Å². The Balaban J connectivity index is 2.19. The smallest absolute Gasteiger partial charge is 0.293 e. The van der Waals surface area contributed by atoms with Crippen molar-refractivity contribution in [3.05, 3.63) is 0 Å². The molecule has 5 heteroatoms. The average Bonchev–Trinajstić information content (AvgIpc) is 2.92. The van der Waals surface area contributed by atoms with E-state index in [4.69, 9.17) is 4.74 Å². The lowest BCUT2D eigenvalue weighted by atomic mass is 9.67. The zero-order valence-electron chi connectivity index (χ0n) is 11.3. The zero-order valence-corrected chi connectivity index (χ0v) is 12.1. The highest BCUT2D eigenvalue weighted by atomic mass is 32.2. The van der Waals surface area contributed by atoms with E-state index in [1.54, 1.807) is 11.8 Å². The third-order valence-corrected chi connectivity index (χ3v) is 5.83. The van der Waals surface area contributed by atoms with Gasteiger partial charge >= 0.3 is 0 Å². The predicted molar refractivity (Wildman–Crippen MR) is 71.1 cm³/mol. The molecule has 1 heterocycles. The molecule has 0 aromatic heterocycles. The molecule has 1 aliphatic heterocycles. The van der Waals surface area contributed by atoms with Crippen molar-refractivity contribution < 1.29 is 14.3 Å². The van der Waals surface area contributed by atoms with Crippen molar-refractivity contribution in [1.82, 2.24) is 4.90 Å². The third kappa shape index (κ3) is 1.92. The fourth-order valence-corrected chi connectivity index (χ4v) is 4.01. The third-order valence-electron chi connectivity index (χ3n) is 4.87. The molecule has 2 aliphatic rings. The Labute approximate surface area is 112 Å². The fraction of sp³-hybridized carbons (Fsp3) is 0.846. The van der Waals surface area contributed by atoms with Crippen LogP contribution in [-0.2, 0) is 14.3 Å². The van der Waals surface area contributed by atoms with Crippen molar-refractivity contribution in [2.75, 3.05) is 18.2 Å². The van der Waals surface area contributed by atoms with Crippen LogP contribution in [0.2, 0.25) is 0 Å². The fourth-order valence-electron chi connectivity index (χ4n) is 3.07. The maximum atomic E-state index is 12.7. The summed E-state index contributed by atoms with van der Waals surface area (Å²) in [6, 6.07) is 0. The minimum absolute atomic E-state index is 0.154. The van der Waals surface area contributed by atoms with E-state index in [0.717, 1.165) is 31.0 Å². The molecule has 2 atom stereocenters. The van der Waals surface area contributed by atoms with E-state index in [1.807, 2.05) is 25.7 Å². The summed E-state index contributed by atoms with van der Waals surface area (Å²) in [5.74, 6) is 2.04. The quantitative estimate of drug-likeness (QED) is 0.735. The zero-order chi connectivity index (χ0) is 13.4. The Bertz CT molecular complexity index is 352. The molecule has 1 aliphatic carbocycles. The standard InChI is InChI=1S/C13H21NO3S/c1-12(2)10(17-9-15)4-5-13(12,3)11(16)14-6-7-18-8-14/h9-10H,4-8H2,1-3H3. The summed E-state index contributed by atoms with van der Waals surface area (Å²) in [5.41, 5.74) is -0.732. The molecule has 0 N–H and O–H groups in total. The highest BCUT2D eigenvalue weighted by Gasteiger charge is 2.58. The topological polar surface area (TPSA) is 46.6 Å². The number of carbonyl (C=O) groups excluding carboxylic acids is 2. The Morgan fingerprint density at radius 1 is 1.44 bits per heavy atom. The molecule has 1 saturated carbocycles. The van der Waals surface area contributed by atoms with Gasteiger partial charge in [0.05, 0.1) is 11.3 Å². The molecule has 102 valence electrons. The molecule has 2 unspecified atom stereocenters. The van der Waals surface area contributed by atoms with Crippen LogP contribution in [0.1, 0.15) is 33.6 Å². The van der Waals surface area contributed by atoms with E-state index in [1.165, 1.54) is 0 Å². The molecular formula is C13H21NO3S. The van der Waals surface area contributed by atoms with Crippen LogP contribution in [0.15, 0.2) is 0 Å². The lowest BCUT2D eigenvalue weighted by Crippen LogP contribution is -2.49. The maximum absolute atomic E-state index is 12.7. The first kappa shape index (κ1) is 13.7. The molecule has 4 nitrogen and oxygen atoms in total. The molecule has 1 saturated heterocycles. The number of carbonyl (C=O) groups is 2. The van der Waals surface area contributed by atoms with E-state index in [0.29, 0.717) is 6.47 Å². The van der Waals surface area contributed by atoms with Gasteiger partial charge in [-0.25, -0.2) is 0 Å². The van der Waals surface area contributed by atoms with E-state index < -0.39 is 5.41 Å². The van der Waals surface area contributed by atoms with Crippen LogP contribution >= 0.6 is 11.8 Å².